The number of benzene rings is 8. The van der Waals surface area contributed by atoms with Crippen molar-refractivity contribution < 1.29 is 50.5 Å². The van der Waals surface area contributed by atoms with Gasteiger partial charge in [0.2, 0.25) is 5.91 Å². The number of nitrogens with two attached hydrogens (primary N) is 1. The van der Waals surface area contributed by atoms with Crippen LogP contribution in [-0.2, 0) is 59.9 Å². The summed E-state index contributed by atoms with van der Waals surface area (Å²) in [6.07, 6.45) is 6.53. The zero-order valence-electron chi connectivity index (χ0n) is 59.7. The van der Waals surface area contributed by atoms with E-state index in [1.54, 1.807) is 94.3 Å². The Balaban J connectivity index is 0.000000139. The summed E-state index contributed by atoms with van der Waals surface area (Å²) in [4.78, 5) is 40.9. The van der Waals surface area contributed by atoms with Gasteiger partial charge in [-0.05, 0) is 191 Å². The number of carboxylic acid groups (broad SMARTS) is 1. The summed E-state index contributed by atoms with van der Waals surface area (Å²) in [7, 11) is 1.61. The number of ether oxygens (including phenoxy) is 3. The highest BCUT2D eigenvalue weighted by atomic mass is 32.2. The fourth-order valence-electron chi connectivity index (χ4n) is 14.9. The highest BCUT2D eigenvalue weighted by Crippen LogP contribution is 2.48. The summed E-state index contributed by atoms with van der Waals surface area (Å²) >= 11 is 0. The van der Waals surface area contributed by atoms with Gasteiger partial charge in [0.1, 0.15) is 17.5 Å². The van der Waals surface area contributed by atoms with Gasteiger partial charge in [-0.25, -0.2) is 31.4 Å². The average Bonchev–Trinajstić information content (AvgIpc) is 1.58. The van der Waals surface area contributed by atoms with Crippen molar-refractivity contribution in [3.05, 3.63) is 255 Å². The van der Waals surface area contributed by atoms with Crippen LogP contribution in [0.5, 0.6) is 0 Å². The number of nitrogens with zero attached hydrogens (tertiary/aromatic N) is 7. The van der Waals surface area contributed by atoms with Crippen molar-refractivity contribution >= 4 is 72.6 Å². The summed E-state index contributed by atoms with van der Waals surface area (Å²) in [6, 6.07) is 50.1. The number of aromatic carboxylic acids is 1. The summed E-state index contributed by atoms with van der Waals surface area (Å²) in [5, 5.41) is 12.5. The topological polar surface area (TPSA) is 207 Å². The molecule has 3 N–H and O–H groups in total. The summed E-state index contributed by atoms with van der Waals surface area (Å²) in [6.45, 7) is 18.0. The fourth-order valence-corrected chi connectivity index (χ4v) is 15.5. The van der Waals surface area contributed by atoms with Crippen molar-refractivity contribution in [1.29, 1.82) is 0 Å². The van der Waals surface area contributed by atoms with Crippen molar-refractivity contribution in [2.24, 2.45) is 20.7 Å². The molecule has 104 heavy (non-hydrogen) atoms. The van der Waals surface area contributed by atoms with Gasteiger partial charge in [0, 0.05) is 152 Å². The Kier molecular flexibility index (Phi) is 19.3. The van der Waals surface area contributed by atoms with Gasteiger partial charge in [-0.1, -0.05) is 65.8 Å². The second-order valence-corrected chi connectivity index (χ2v) is 30.5. The van der Waals surface area contributed by atoms with Gasteiger partial charge in [0.15, 0.2) is 14.9 Å². The van der Waals surface area contributed by atoms with Crippen LogP contribution in [0.3, 0.4) is 0 Å². The van der Waals surface area contributed by atoms with Gasteiger partial charge in [-0.15, -0.1) is 0 Å². The summed E-state index contributed by atoms with van der Waals surface area (Å²) in [5.74, 6) is -2.31. The van der Waals surface area contributed by atoms with Crippen molar-refractivity contribution in [2.75, 3.05) is 47.4 Å². The molecule has 0 bridgehead atoms. The van der Waals surface area contributed by atoms with Gasteiger partial charge in [0.25, 0.3) is 0 Å². The first-order valence-corrected chi connectivity index (χ1v) is 35.8. The van der Waals surface area contributed by atoms with Crippen molar-refractivity contribution in [3.63, 3.8) is 0 Å². The third-order valence-electron chi connectivity index (χ3n) is 19.5. The number of aromatic nitrogens is 4. The number of carbonyl (C=O) groups excluding carboxylic acids is 1. The Hall–Kier alpha value is -10.9. The summed E-state index contributed by atoms with van der Waals surface area (Å²) in [5.41, 5.74) is 26.8. The largest absolute Gasteiger partial charge is 0.478 e. The first-order chi connectivity index (χ1) is 49.6. The van der Waals surface area contributed by atoms with Gasteiger partial charge in [-0.3, -0.25) is 19.8 Å². The van der Waals surface area contributed by atoms with Crippen LogP contribution in [0.15, 0.2) is 196 Å². The number of hydrogen-bond acceptors (Lipinski definition) is 11. The Morgan fingerprint density at radius 1 is 0.500 bits per heavy atom. The van der Waals surface area contributed by atoms with E-state index in [4.69, 9.17) is 19.9 Å². The molecule has 1 amide bonds. The van der Waals surface area contributed by atoms with Crippen LogP contribution in [0, 0.1) is 17.5 Å². The molecule has 12 aromatic rings. The number of pyridine rings is 1. The number of halogens is 3. The predicted molar refractivity (Wildman–Crippen MR) is 406 cm³/mol. The maximum Gasteiger partial charge on any atom is 0.335 e. The molecule has 0 unspecified atom stereocenters. The molecule has 0 aliphatic carbocycles. The lowest BCUT2D eigenvalue weighted by atomic mass is 9.84. The van der Waals surface area contributed by atoms with Gasteiger partial charge >= 0.3 is 5.97 Å². The van der Waals surface area contributed by atoms with Gasteiger partial charge < -0.3 is 38.8 Å². The Labute approximate surface area is 601 Å². The molecule has 0 fully saturated rings. The standard InChI is InChI=1S/C29H27FN2O3.C28H26FN3O2.C27H26FN3O3S/c1-17-23-14-25-24(13-20(23)15-31-17)26(18-5-7-19(8-6-18)28(33)34)27(29(2,3)16-35-4)32(25)22-11-9-21(30)10-12-22;1-28(2,16-34-3)26-25(17-4-6-18(7-5-17)27(30)33)23-12-19-14-31-15-20(19)13-24(23)32(26)22-10-8-21(29)9-11-22;1-27(2,16-34-3)26-25(17-5-10-24(30-15-17)35(4,32)33)22-11-18-13-29-14-19(18)12-23(22)31(26)21-8-6-20(28)7-9-21/h5-14H,15-16H2,1-4H3,(H,33,34);4-13,15H,14,16H2,1-3H3,(H2,30,33);5-12,14-15H,13,16H2,1-4H3. The normalized spacial score (nSPS) is 13.2. The second kappa shape index (κ2) is 28.0. The average molecular weight is 1420 g/mol. The van der Waals surface area contributed by atoms with Crippen LogP contribution in [0.4, 0.5) is 13.2 Å². The molecule has 4 aromatic heterocycles. The highest BCUT2D eigenvalue weighted by molar-refractivity contribution is 7.90. The molecule has 15 rings (SSSR count). The van der Waals surface area contributed by atoms with Gasteiger partial charge in [0.05, 0.1) is 61.6 Å². The van der Waals surface area contributed by atoms with Crippen LogP contribution in [0.2, 0.25) is 0 Å². The number of primary amides is 1. The van der Waals surface area contributed by atoms with Gasteiger partial charge in [-0.2, -0.15) is 0 Å². The Morgan fingerprint density at radius 2 is 0.865 bits per heavy atom. The number of rotatable bonds is 18. The molecule has 530 valence electrons. The minimum absolute atomic E-state index is 0.0236. The molecule has 3 aliphatic rings. The van der Waals surface area contributed by atoms with E-state index < -0.39 is 38.0 Å². The Morgan fingerprint density at radius 3 is 1.22 bits per heavy atom. The fraction of sp³-hybridized carbons (Fsp3) is 0.238. The lowest BCUT2D eigenvalue weighted by molar-refractivity contribution is 0.0696. The molecule has 0 spiro atoms. The van der Waals surface area contributed by atoms with E-state index in [9.17, 15) is 36.3 Å². The predicted octanol–water partition coefficient (Wildman–Crippen LogP) is 16.9. The first-order valence-electron chi connectivity index (χ1n) is 33.9. The minimum Gasteiger partial charge on any atom is -0.478 e. The molecule has 0 saturated heterocycles. The number of amides is 1. The van der Waals surface area contributed by atoms with E-state index in [0.29, 0.717) is 45.0 Å². The minimum atomic E-state index is -3.43. The quantitative estimate of drug-likeness (QED) is 0.0836. The molecular formula is C84H79F3N8O8S. The monoisotopic (exact) mass is 1420 g/mol. The number of hydrogen-bond donors (Lipinski definition) is 2. The van der Waals surface area contributed by atoms with E-state index in [0.717, 1.165) is 146 Å². The van der Waals surface area contributed by atoms with Crippen molar-refractivity contribution in [2.45, 2.75) is 89.4 Å². The number of methoxy groups -OCH3 is 3. The van der Waals surface area contributed by atoms with Crippen LogP contribution < -0.4 is 5.73 Å². The first kappa shape index (κ1) is 71.5. The summed E-state index contributed by atoms with van der Waals surface area (Å²) < 4.78 is 89.0. The zero-order chi connectivity index (χ0) is 73.9. The van der Waals surface area contributed by atoms with Crippen LogP contribution in [0.1, 0.15) is 120 Å². The molecule has 3 aliphatic heterocycles. The SMILES string of the molecule is COCC(C)(C)c1c(-c2ccc(C(=O)O)cc2)c2cc3c(cc2n1-c1ccc(F)cc1)C(C)=NC3.COCC(C)(C)c1c(-c2ccc(C(N)=O)cc2)c2cc3c(cc2n1-c1ccc(F)cc1)C=NC3.COCC(C)(C)c1c(-c2ccc(S(C)(=O)=O)nc2)c2cc3c(cc2n1-c1ccc(F)cc1)C=NC3. The molecule has 16 nitrogen and oxygen atoms in total. The third-order valence-corrected chi connectivity index (χ3v) is 20.5. The molecule has 8 aromatic carbocycles. The second-order valence-electron chi connectivity index (χ2n) is 28.5. The zero-order valence-corrected chi connectivity index (χ0v) is 60.5. The molecule has 7 heterocycles. The van der Waals surface area contributed by atoms with Crippen molar-refractivity contribution in [1.82, 2.24) is 18.7 Å². The molecule has 0 radical (unpaired) electrons. The van der Waals surface area contributed by atoms with E-state index in [1.807, 2.05) is 43.6 Å². The van der Waals surface area contributed by atoms with E-state index in [1.165, 1.54) is 42.5 Å². The molecule has 20 heteroatoms. The smallest absolute Gasteiger partial charge is 0.335 e. The lowest BCUT2D eigenvalue weighted by Gasteiger charge is -2.28. The maximum absolute atomic E-state index is 13.9. The Bertz CT molecular complexity index is 5580. The van der Waals surface area contributed by atoms with E-state index in [-0.39, 0.29) is 28.0 Å². The molecular weight excluding hydrogens is 1340 g/mol. The number of sulfone groups is 1. The third kappa shape index (κ3) is 13.5. The van der Waals surface area contributed by atoms with E-state index >= 15 is 0 Å². The van der Waals surface area contributed by atoms with Crippen molar-refractivity contribution in [3.8, 4) is 50.4 Å². The lowest BCUT2D eigenvalue weighted by Crippen LogP contribution is -2.27. The van der Waals surface area contributed by atoms with E-state index in [2.05, 4.69) is 112 Å². The molecule has 0 saturated carbocycles. The van der Waals surface area contributed by atoms with Crippen LogP contribution in [-0.4, -0.2) is 110 Å². The van der Waals surface area contributed by atoms with Crippen LogP contribution in [0.25, 0.3) is 83.2 Å². The van der Waals surface area contributed by atoms with Crippen LogP contribution >= 0.6 is 0 Å². The number of aliphatic imine (C=N–C) groups is 3. The maximum atomic E-state index is 13.9. The molecule has 0 atom stereocenters. The number of fused-ring (bicyclic) bond motifs is 6. The number of carbonyl (C=O) groups is 2. The highest BCUT2D eigenvalue weighted by Gasteiger charge is 2.37. The number of carboxylic acids is 1.